The predicted octanol–water partition coefficient (Wildman–Crippen LogP) is 3.78. The molecule has 0 saturated carbocycles. The Morgan fingerprint density at radius 3 is 2.32 bits per heavy atom. The topological polar surface area (TPSA) is 48.1 Å². The maximum Gasteiger partial charge on any atom is 0.416 e. The largest absolute Gasteiger partial charge is 0.439 e. The first-order valence-corrected chi connectivity index (χ1v) is 5.43. The number of rotatable bonds is 2. The predicted molar refractivity (Wildman–Crippen MR) is 64.9 cm³/mol. The number of hydrogen-bond acceptors (Lipinski definition) is 3. The summed E-state index contributed by atoms with van der Waals surface area (Å²) in [6.45, 7) is 1.80. The molecule has 19 heavy (non-hydrogen) atoms. The second kappa shape index (κ2) is 4.79. The van der Waals surface area contributed by atoms with Crippen molar-refractivity contribution >= 4 is 5.69 Å². The summed E-state index contributed by atoms with van der Waals surface area (Å²) in [7, 11) is 0. The fraction of sp³-hybridized carbons (Fsp3) is 0.154. The van der Waals surface area contributed by atoms with Crippen LogP contribution in [0.4, 0.5) is 18.9 Å². The molecule has 100 valence electrons. The van der Waals surface area contributed by atoms with E-state index in [9.17, 15) is 13.2 Å². The molecule has 0 aliphatic heterocycles. The van der Waals surface area contributed by atoms with Crippen molar-refractivity contribution in [3.63, 3.8) is 0 Å². The molecule has 0 spiro atoms. The van der Waals surface area contributed by atoms with Crippen LogP contribution in [0.3, 0.4) is 0 Å². The molecule has 0 aliphatic rings. The van der Waals surface area contributed by atoms with E-state index in [1.54, 1.807) is 6.92 Å². The first-order chi connectivity index (χ1) is 8.86. The molecule has 1 heterocycles. The zero-order valence-corrected chi connectivity index (χ0v) is 10.0. The van der Waals surface area contributed by atoms with Gasteiger partial charge in [0.25, 0.3) is 0 Å². The number of aryl methyl sites for hydroxylation is 1. The first-order valence-electron chi connectivity index (χ1n) is 5.43. The summed E-state index contributed by atoms with van der Waals surface area (Å²) in [5.74, 6) is 0.506. The Morgan fingerprint density at radius 2 is 1.79 bits per heavy atom. The van der Waals surface area contributed by atoms with Crippen LogP contribution in [0.15, 0.2) is 36.5 Å². The molecule has 0 saturated heterocycles. The van der Waals surface area contributed by atoms with Gasteiger partial charge in [-0.05, 0) is 36.8 Å². The summed E-state index contributed by atoms with van der Waals surface area (Å²) in [6.07, 6.45) is -2.82. The lowest BCUT2D eigenvalue weighted by molar-refractivity contribution is -0.137. The highest BCUT2D eigenvalue weighted by molar-refractivity contribution is 5.47. The summed E-state index contributed by atoms with van der Waals surface area (Å²) in [4.78, 5) is 3.98. The Kier molecular flexibility index (Phi) is 3.33. The molecule has 2 N–H and O–H groups in total. The molecular weight excluding hydrogens is 257 g/mol. The molecular formula is C13H11F3N2O. The number of nitrogens with two attached hydrogens (primary N) is 1. The maximum absolute atomic E-state index is 12.4. The van der Waals surface area contributed by atoms with Gasteiger partial charge in [-0.1, -0.05) is 0 Å². The van der Waals surface area contributed by atoms with Crippen molar-refractivity contribution in [3.05, 3.63) is 47.7 Å². The van der Waals surface area contributed by atoms with Crippen LogP contribution in [0.2, 0.25) is 0 Å². The summed E-state index contributed by atoms with van der Waals surface area (Å²) >= 11 is 0. The molecule has 0 amide bonds. The third-order valence-corrected chi connectivity index (χ3v) is 2.52. The van der Waals surface area contributed by atoms with Gasteiger partial charge in [0.15, 0.2) is 0 Å². The molecule has 0 atom stereocenters. The highest BCUT2D eigenvalue weighted by Gasteiger charge is 2.30. The van der Waals surface area contributed by atoms with Gasteiger partial charge in [-0.2, -0.15) is 13.2 Å². The molecule has 6 heteroatoms. The van der Waals surface area contributed by atoms with E-state index in [0.717, 1.165) is 17.7 Å². The lowest BCUT2D eigenvalue weighted by atomic mass is 10.2. The van der Waals surface area contributed by atoms with E-state index < -0.39 is 11.7 Å². The average molecular weight is 268 g/mol. The molecule has 0 unspecified atom stereocenters. The van der Waals surface area contributed by atoms with E-state index in [1.807, 2.05) is 0 Å². The van der Waals surface area contributed by atoms with Gasteiger partial charge >= 0.3 is 6.18 Å². The SMILES string of the molecule is Cc1cnc(Oc2ccc(C(F)(F)F)cc2)cc1N. The van der Waals surface area contributed by atoms with Gasteiger partial charge in [0.2, 0.25) is 5.88 Å². The number of nitrogen functional groups attached to an aromatic ring is 1. The molecule has 2 rings (SSSR count). The molecule has 0 bridgehead atoms. The average Bonchev–Trinajstić information content (AvgIpc) is 2.33. The smallest absolute Gasteiger partial charge is 0.416 e. The van der Waals surface area contributed by atoms with Crippen molar-refractivity contribution in [3.8, 4) is 11.6 Å². The van der Waals surface area contributed by atoms with Crippen LogP contribution < -0.4 is 10.5 Å². The van der Waals surface area contributed by atoms with Crippen molar-refractivity contribution in [1.82, 2.24) is 4.98 Å². The standard InChI is InChI=1S/C13H11F3N2O/c1-8-7-18-12(6-11(8)17)19-10-4-2-9(3-5-10)13(14,15)16/h2-7H,1H3,(H2,17,18). The Morgan fingerprint density at radius 1 is 1.16 bits per heavy atom. The third kappa shape index (κ3) is 3.15. The Hall–Kier alpha value is -2.24. The molecule has 0 aliphatic carbocycles. The number of halogens is 3. The highest BCUT2D eigenvalue weighted by Crippen LogP contribution is 2.31. The van der Waals surface area contributed by atoms with Crippen LogP contribution in [0.5, 0.6) is 11.6 Å². The van der Waals surface area contributed by atoms with E-state index in [0.29, 0.717) is 5.69 Å². The number of hydrogen-bond donors (Lipinski definition) is 1. The monoisotopic (exact) mass is 268 g/mol. The van der Waals surface area contributed by atoms with Gasteiger partial charge in [-0.3, -0.25) is 0 Å². The van der Waals surface area contributed by atoms with E-state index in [4.69, 9.17) is 10.5 Å². The van der Waals surface area contributed by atoms with Crippen LogP contribution in [0, 0.1) is 6.92 Å². The molecule has 0 fully saturated rings. The quantitative estimate of drug-likeness (QED) is 0.901. The Bertz CT molecular complexity index is 579. The van der Waals surface area contributed by atoms with Crippen molar-refractivity contribution < 1.29 is 17.9 Å². The lowest BCUT2D eigenvalue weighted by Gasteiger charge is -2.09. The number of alkyl halides is 3. The summed E-state index contributed by atoms with van der Waals surface area (Å²) in [5, 5.41) is 0. The fourth-order valence-corrected chi connectivity index (χ4v) is 1.41. The zero-order chi connectivity index (χ0) is 14.0. The molecule has 2 aromatic rings. The minimum Gasteiger partial charge on any atom is -0.439 e. The third-order valence-electron chi connectivity index (χ3n) is 2.52. The molecule has 3 nitrogen and oxygen atoms in total. The van der Waals surface area contributed by atoms with E-state index in [2.05, 4.69) is 4.98 Å². The number of benzene rings is 1. The fourth-order valence-electron chi connectivity index (χ4n) is 1.41. The minimum atomic E-state index is -4.36. The van der Waals surface area contributed by atoms with E-state index in [1.165, 1.54) is 24.4 Å². The second-order valence-electron chi connectivity index (χ2n) is 4.00. The number of anilines is 1. The molecule has 1 aromatic heterocycles. The highest BCUT2D eigenvalue weighted by atomic mass is 19.4. The number of pyridine rings is 1. The van der Waals surface area contributed by atoms with Crippen molar-refractivity contribution in [2.75, 3.05) is 5.73 Å². The zero-order valence-electron chi connectivity index (χ0n) is 10.0. The van der Waals surface area contributed by atoms with Crippen LogP contribution in [-0.2, 0) is 6.18 Å². The van der Waals surface area contributed by atoms with Crippen molar-refractivity contribution in [1.29, 1.82) is 0 Å². The molecule has 1 aromatic carbocycles. The normalized spacial score (nSPS) is 11.4. The minimum absolute atomic E-state index is 0.239. The number of nitrogens with zero attached hydrogens (tertiary/aromatic N) is 1. The van der Waals surface area contributed by atoms with Crippen LogP contribution in [0.25, 0.3) is 0 Å². The lowest BCUT2D eigenvalue weighted by Crippen LogP contribution is -2.04. The van der Waals surface area contributed by atoms with Gasteiger partial charge in [-0.15, -0.1) is 0 Å². The van der Waals surface area contributed by atoms with Gasteiger partial charge in [-0.25, -0.2) is 4.98 Å². The van der Waals surface area contributed by atoms with Gasteiger partial charge in [0.05, 0.1) is 5.56 Å². The number of ether oxygens (including phenoxy) is 1. The summed E-state index contributed by atoms with van der Waals surface area (Å²) < 4.78 is 42.4. The van der Waals surface area contributed by atoms with Gasteiger partial charge in [0, 0.05) is 18.0 Å². The molecule has 0 radical (unpaired) electrons. The van der Waals surface area contributed by atoms with Gasteiger partial charge in [0.1, 0.15) is 5.75 Å². The maximum atomic E-state index is 12.4. The van der Waals surface area contributed by atoms with Crippen LogP contribution in [-0.4, -0.2) is 4.98 Å². The summed E-state index contributed by atoms with van der Waals surface area (Å²) in [6, 6.07) is 5.90. The Balaban J connectivity index is 2.17. The number of aromatic nitrogens is 1. The second-order valence-corrected chi connectivity index (χ2v) is 4.00. The van der Waals surface area contributed by atoms with Gasteiger partial charge < -0.3 is 10.5 Å². The van der Waals surface area contributed by atoms with Crippen LogP contribution in [0.1, 0.15) is 11.1 Å². The van der Waals surface area contributed by atoms with Crippen LogP contribution >= 0.6 is 0 Å². The summed E-state index contributed by atoms with van der Waals surface area (Å²) in [5.41, 5.74) is 6.28. The van der Waals surface area contributed by atoms with E-state index >= 15 is 0 Å². The van der Waals surface area contributed by atoms with E-state index in [-0.39, 0.29) is 11.6 Å². The van der Waals surface area contributed by atoms with Crippen molar-refractivity contribution in [2.45, 2.75) is 13.1 Å². The Labute approximate surface area is 107 Å². The van der Waals surface area contributed by atoms with Crippen molar-refractivity contribution in [2.24, 2.45) is 0 Å². The first kappa shape index (κ1) is 13.2.